The van der Waals surface area contributed by atoms with Crippen LogP contribution < -0.4 is 11.1 Å². The molecule has 0 aliphatic heterocycles. The Morgan fingerprint density at radius 1 is 1.40 bits per heavy atom. The number of nitrogen functional groups attached to an aromatic ring is 1. The Morgan fingerprint density at radius 3 is 2.80 bits per heavy atom. The number of nitrogens with one attached hydrogen (secondary N) is 1. The first-order valence-corrected chi connectivity index (χ1v) is 6.97. The maximum Gasteiger partial charge on any atom is 0.253 e. The fraction of sp³-hybridized carbons (Fsp3) is 0.500. The second-order valence-corrected chi connectivity index (χ2v) is 4.76. The van der Waals surface area contributed by atoms with Gasteiger partial charge in [-0.25, -0.2) is 0 Å². The van der Waals surface area contributed by atoms with E-state index in [4.69, 9.17) is 26.8 Å². The average Bonchev–Trinajstić information content (AvgIpc) is 2.42. The van der Waals surface area contributed by atoms with Crippen molar-refractivity contribution in [3.63, 3.8) is 0 Å². The van der Waals surface area contributed by atoms with Gasteiger partial charge in [0, 0.05) is 12.3 Å². The Morgan fingerprint density at radius 2 is 2.15 bits per heavy atom. The summed E-state index contributed by atoms with van der Waals surface area (Å²) < 4.78 is 10.7. The minimum absolute atomic E-state index is 0.234. The van der Waals surface area contributed by atoms with E-state index in [2.05, 4.69) is 5.32 Å². The number of hydrogen-bond acceptors (Lipinski definition) is 4. The van der Waals surface area contributed by atoms with Gasteiger partial charge in [-0.05, 0) is 31.5 Å². The highest BCUT2D eigenvalue weighted by Gasteiger charge is 2.13. The number of halogens is 1. The predicted molar refractivity (Wildman–Crippen MR) is 81.0 cm³/mol. The van der Waals surface area contributed by atoms with Crippen LogP contribution in [-0.2, 0) is 14.3 Å². The lowest BCUT2D eigenvalue weighted by molar-refractivity contribution is -0.127. The highest BCUT2D eigenvalue weighted by Crippen LogP contribution is 2.22. The van der Waals surface area contributed by atoms with Gasteiger partial charge in [-0.2, -0.15) is 0 Å². The normalized spacial score (nSPS) is 12.2. The number of benzene rings is 1. The first kappa shape index (κ1) is 16.8. The van der Waals surface area contributed by atoms with Crippen LogP contribution in [0.25, 0.3) is 0 Å². The van der Waals surface area contributed by atoms with Crippen LogP contribution in [0.4, 0.5) is 11.4 Å². The third-order valence-corrected chi connectivity index (χ3v) is 2.92. The number of amides is 1. The van der Waals surface area contributed by atoms with Crippen LogP contribution in [0.15, 0.2) is 18.2 Å². The summed E-state index contributed by atoms with van der Waals surface area (Å²) in [5.74, 6) is -0.234. The molecule has 20 heavy (non-hydrogen) atoms. The first-order chi connectivity index (χ1) is 9.54. The molecule has 6 heteroatoms. The molecule has 0 aliphatic carbocycles. The molecule has 0 bridgehead atoms. The molecule has 0 saturated carbocycles. The first-order valence-electron chi connectivity index (χ1n) is 6.59. The minimum Gasteiger partial charge on any atom is -0.397 e. The quantitative estimate of drug-likeness (QED) is 0.572. The zero-order valence-corrected chi connectivity index (χ0v) is 12.6. The van der Waals surface area contributed by atoms with Crippen molar-refractivity contribution in [1.29, 1.82) is 0 Å². The van der Waals surface area contributed by atoms with Gasteiger partial charge >= 0.3 is 0 Å². The number of anilines is 2. The summed E-state index contributed by atoms with van der Waals surface area (Å²) in [6.07, 6.45) is 0.408. The number of rotatable bonds is 8. The molecule has 1 amide bonds. The van der Waals surface area contributed by atoms with Gasteiger partial charge in [0.2, 0.25) is 0 Å². The van der Waals surface area contributed by atoms with E-state index in [9.17, 15) is 4.79 Å². The minimum atomic E-state index is -0.558. The fourth-order valence-corrected chi connectivity index (χ4v) is 1.59. The summed E-state index contributed by atoms with van der Waals surface area (Å²) in [5, 5.41) is 3.18. The van der Waals surface area contributed by atoms with Crippen molar-refractivity contribution in [2.45, 2.75) is 26.4 Å². The SMILES string of the molecule is CCCOCCOC(C)C(=O)Nc1ccc(Cl)c(N)c1. The van der Waals surface area contributed by atoms with Crippen molar-refractivity contribution in [1.82, 2.24) is 0 Å². The molecule has 3 N–H and O–H groups in total. The predicted octanol–water partition coefficient (Wildman–Crippen LogP) is 2.69. The molecule has 0 radical (unpaired) electrons. The molecule has 1 unspecified atom stereocenters. The molecule has 112 valence electrons. The van der Waals surface area contributed by atoms with Gasteiger partial charge in [-0.15, -0.1) is 0 Å². The zero-order chi connectivity index (χ0) is 15.0. The van der Waals surface area contributed by atoms with Crippen LogP contribution >= 0.6 is 11.6 Å². The van der Waals surface area contributed by atoms with Crippen LogP contribution in [0.1, 0.15) is 20.3 Å². The third kappa shape index (κ3) is 5.77. The van der Waals surface area contributed by atoms with E-state index in [1.807, 2.05) is 6.92 Å². The van der Waals surface area contributed by atoms with Crippen LogP contribution in [0, 0.1) is 0 Å². The number of ether oxygens (including phenoxy) is 2. The molecule has 1 rings (SSSR count). The lowest BCUT2D eigenvalue weighted by Crippen LogP contribution is -2.28. The molecular formula is C14H21ClN2O3. The monoisotopic (exact) mass is 300 g/mol. The standard InChI is InChI=1S/C14H21ClN2O3/c1-3-6-19-7-8-20-10(2)14(18)17-11-4-5-12(15)13(16)9-11/h4-5,9-10H,3,6-8,16H2,1-2H3,(H,17,18). The molecule has 1 atom stereocenters. The van der Waals surface area contributed by atoms with Crippen LogP contribution in [0.5, 0.6) is 0 Å². The maximum absolute atomic E-state index is 11.9. The summed E-state index contributed by atoms with van der Waals surface area (Å²) in [5.41, 5.74) is 6.68. The Kier molecular flexibility index (Phi) is 7.36. The van der Waals surface area contributed by atoms with Crippen molar-refractivity contribution >= 4 is 28.9 Å². The molecule has 1 aromatic rings. The Bertz CT molecular complexity index is 440. The summed E-state index contributed by atoms with van der Waals surface area (Å²) in [6, 6.07) is 4.93. The van der Waals surface area contributed by atoms with Crippen molar-refractivity contribution in [2.75, 3.05) is 30.9 Å². The van der Waals surface area contributed by atoms with Crippen LogP contribution in [-0.4, -0.2) is 31.8 Å². The van der Waals surface area contributed by atoms with Gasteiger partial charge in [0.1, 0.15) is 6.10 Å². The van der Waals surface area contributed by atoms with Gasteiger partial charge in [0.15, 0.2) is 0 Å². The number of hydrogen-bond donors (Lipinski definition) is 2. The molecule has 0 aliphatic rings. The zero-order valence-electron chi connectivity index (χ0n) is 11.8. The van der Waals surface area contributed by atoms with Crippen molar-refractivity contribution in [3.05, 3.63) is 23.2 Å². The van der Waals surface area contributed by atoms with E-state index in [0.717, 1.165) is 6.42 Å². The molecule has 0 heterocycles. The number of carbonyl (C=O) groups is 1. The second-order valence-electron chi connectivity index (χ2n) is 4.35. The maximum atomic E-state index is 11.9. The highest BCUT2D eigenvalue weighted by atomic mass is 35.5. The summed E-state index contributed by atoms with van der Waals surface area (Å²) in [4.78, 5) is 11.9. The van der Waals surface area contributed by atoms with Crippen molar-refractivity contribution < 1.29 is 14.3 Å². The second kappa shape index (κ2) is 8.79. The van der Waals surface area contributed by atoms with E-state index in [-0.39, 0.29) is 5.91 Å². The number of carbonyl (C=O) groups excluding carboxylic acids is 1. The van der Waals surface area contributed by atoms with Gasteiger partial charge in [-0.3, -0.25) is 4.79 Å². The Labute approximate surface area is 124 Å². The van der Waals surface area contributed by atoms with E-state index in [1.54, 1.807) is 25.1 Å². The molecule has 0 aromatic heterocycles. The van der Waals surface area contributed by atoms with Gasteiger partial charge in [0.05, 0.1) is 23.9 Å². The van der Waals surface area contributed by atoms with Crippen molar-refractivity contribution in [3.8, 4) is 0 Å². The largest absolute Gasteiger partial charge is 0.397 e. The highest BCUT2D eigenvalue weighted by molar-refractivity contribution is 6.33. The summed E-state index contributed by atoms with van der Waals surface area (Å²) >= 11 is 5.81. The van der Waals surface area contributed by atoms with Crippen molar-refractivity contribution in [2.24, 2.45) is 0 Å². The molecule has 5 nitrogen and oxygen atoms in total. The summed E-state index contributed by atoms with van der Waals surface area (Å²) in [7, 11) is 0. The average molecular weight is 301 g/mol. The smallest absolute Gasteiger partial charge is 0.253 e. The molecule has 0 spiro atoms. The van der Waals surface area contributed by atoms with Gasteiger partial charge < -0.3 is 20.5 Å². The van der Waals surface area contributed by atoms with E-state index in [1.165, 1.54) is 0 Å². The Balaban J connectivity index is 2.35. The van der Waals surface area contributed by atoms with Gasteiger partial charge in [0.25, 0.3) is 5.91 Å². The topological polar surface area (TPSA) is 73.6 Å². The van der Waals surface area contributed by atoms with E-state index >= 15 is 0 Å². The lowest BCUT2D eigenvalue weighted by atomic mass is 10.2. The van der Waals surface area contributed by atoms with Crippen LogP contribution in [0.3, 0.4) is 0 Å². The lowest BCUT2D eigenvalue weighted by Gasteiger charge is -2.14. The molecule has 1 aromatic carbocycles. The summed E-state index contributed by atoms with van der Waals surface area (Å²) in [6.45, 7) is 5.30. The van der Waals surface area contributed by atoms with E-state index in [0.29, 0.717) is 36.2 Å². The third-order valence-electron chi connectivity index (χ3n) is 2.58. The molecular weight excluding hydrogens is 280 g/mol. The Hall–Kier alpha value is -1.30. The fourth-order valence-electron chi connectivity index (χ4n) is 1.47. The van der Waals surface area contributed by atoms with Crippen LogP contribution in [0.2, 0.25) is 5.02 Å². The van der Waals surface area contributed by atoms with E-state index < -0.39 is 6.10 Å². The number of nitrogens with two attached hydrogens (primary N) is 1. The molecule has 0 fully saturated rings. The van der Waals surface area contributed by atoms with Gasteiger partial charge in [-0.1, -0.05) is 18.5 Å². The molecule has 0 saturated heterocycles.